The van der Waals surface area contributed by atoms with Gasteiger partial charge in [-0.05, 0) is 6.20 Å². The standard InChI is InChI=1S/C8H14N3P/c1-3-9-8-7-11(12)6-5-10(8)4-2/h3-4H,1-2,5-7,12H2. The second kappa shape index (κ2) is 4.39. The molecule has 0 amide bonds. The van der Waals surface area contributed by atoms with Crippen molar-refractivity contribution in [1.29, 1.82) is 0 Å². The number of amidine groups is 1. The summed E-state index contributed by atoms with van der Waals surface area (Å²) in [6.07, 6.45) is 3.37. The van der Waals surface area contributed by atoms with Gasteiger partial charge < -0.3 is 4.90 Å². The predicted octanol–water partition coefficient (Wildman–Crippen LogP) is 1.08. The van der Waals surface area contributed by atoms with E-state index in [1.54, 1.807) is 12.4 Å². The zero-order valence-corrected chi connectivity index (χ0v) is 8.26. The molecule has 1 unspecified atom stereocenters. The van der Waals surface area contributed by atoms with Crippen molar-refractivity contribution in [2.45, 2.75) is 0 Å². The van der Waals surface area contributed by atoms with E-state index in [2.05, 4.69) is 32.2 Å². The van der Waals surface area contributed by atoms with Crippen molar-refractivity contribution in [3.63, 3.8) is 0 Å². The molecule has 1 saturated heterocycles. The second-order valence-electron chi connectivity index (χ2n) is 2.57. The largest absolute Gasteiger partial charge is 0.335 e. The normalized spacial score (nSPS) is 22.8. The van der Waals surface area contributed by atoms with Crippen LogP contribution in [0.25, 0.3) is 0 Å². The Morgan fingerprint density at radius 1 is 1.42 bits per heavy atom. The zero-order valence-electron chi connectivity index (χ0n) is 7.11. The molecule has 0 aromatic rings. The molecule has 0 spiro atoms. The lowest BCUT2D eigenvalue weighted by molar-refractivity contribution is 0.390. The molecule has 0 aromatic carbocycles. The highest BCUT2D eigenvalue weighted by molar-refractivity contribution is 7.13. The number of hydrogen-bond acceptors (Lipinski definition) is 2. The van der Waals surface area contributed by atoms with E-state index < -0.39 is 0 Å². The summed E-state index contributed by atoms with van der Waals surface area (Å²) in [4.78, 5) is 6.21. The van der Waals surface area contributed by atoms with Crippen LogP contribution in [0.15, 0.2) is 30.6 Å². The van der Waals surface area contributed by atoms with Crippen LogP contribution in [0.3, 0.4) is 0 Å². The fourth-order valence-electron chi connectivity index (χ4n) is 1.13. The molecule has 1 heterocycles. The lowest BCUT2D eigenvalue weighted by Gasteiger charge is -2.32. The number of piperazine rings is 1. The van der Waals surface area contributed by atoms with Gasteiger partial charge in [0.15, 0.2) is 0 Å². The van der Waals surface area contributed by atoms with E-state index >= 15 is 0 Å². The van der Waals surface area contributed by atoms with Crippen LogP contribution in [0.1, 0.15) is 0 Å². The van der Waals surface area contributed by atoms with E-state index in [0.29, 0.717) is 0 Å². The van der Waals surface area contributed by atoms with Crippen LogP contribution in [0.2, 0.25) is 0 Å². The zero-order chi connectivity index (χ0) is 8.97. The van der Waals surface area contributed by atoms with Crippen molar-refractivity contribution in [2.75, 3.05) is 19.6 Å². The van der Waals surface area contributed by atoms with Crippen LogP contribution in [-0.2, 0) is 0 Å². The van der Waals surface area contributed by atoms with E-state index in [0.717, 1.165) is 25.5 Å². The summed E-state index contributed by atoms with van der Waals surface area (Å²) in [5, 5.41) is 0. The summed E-state index contributed by atoms with van der Waals surface area (Å²) in [7, 11) is 2.67. The number of rotatable bonds is 2. The van der Waals surface area contributed by atoms with E-state index in [-0.39, 0.29) is 0 Å². The Balaban J connectivity index is 2.70. The summed E-state index contributed by atoms with van der Waals surface area (Å²) in [6, 6.07) is 0. The molecule has 66 valence electrons. The maximum Gasteiger partial charge on any atom is 0.123 e. The van der Waals surface area contributed by atoms with E-state index in [1.165, 1.54) is 0 Å². The number of nitrogens with zero attached hydrogens (tertiary/aromatic N) is 3. The molecular weight excluding hydrogens is 169 g/mol. The Bertz CT molecular complexity index is 212. The minimum Gasteiger partial charge on any atom is -0.335 e. The molecule has 1 atom stereocenters. The Morgan fingerprint density at radius 2 is 2.17 bits per heavy atom. The van der Waals surface area contributed by atoms with Crippen LogP contribution in [0, 0.1) is 0 Å². The van der Waals surface area contributed by atoms with Crippen LogP contribution in [-0.4, -0.2) is 35.0 Å². The molecule has 3 nitrogen and oxygen atoms in total. The van der Waals surface area contributed by atoms with Gasteiger partial charge in [0.05, 0.1) is 6.54 Å². The van der Waals surface area contributed by atoms with Gasteiger partial charge in [-0.3, -0.25) is 4.67 Å². The lowest BCUT2D eigenvalue weighted by atomic mass is 10.3. The Labute approximate surface area is 75.7 Å². The van der Waals surface area contributed by atoms with Crippen molar-refractivity contribution in [2.24, 2.45) is 4.99 Å². The highest BCUT2D eigenvalue weighted by Crippen LogP contribution is 2.08. The van der Waals surface area contributed by atoms with Gasteiger partial charge in [-0.2, -0.15) is 0 Å². The second-order valence-corrected chi connectivity index (χ2v) is 3.30. The Morgan fingerprint density at radius 3 is 2.75 bits per heavy atom. The highest BCUT2D eigenvalue weighted by Gasteiger charge is 2.16. The molecule has 0 saturated carbocycles. The molecule has 1 rings (SSSR count). The summed E-state index contributed by atoms with van der Waals surface area (Å²) < 4.78 is 2.14. The first-order valence-electron chi connectivity index (χ1n) is 3.84. The van der Waals surface area contributed by atoms with Gasteiger partial charge in [-0.1, -0.05) is 22.5 Å². The van der Waals surface area contributed by atoms with E-state index in [9.17, 15) is 0 Å². The summed E-state index contributed by atoms with van der Waals surface area (Å²) >= 11 is 0. The van der Waals surface area contributed by atoms with Gasteiger partial charge in [0.1, 0.15) is 5.84 Å². The molecule has 0 bridgehead atoms. The monoisotopic (exact) mass is 183 g/mol. The average molecular weight is 183 g/mol. The fourth-order valence-corrected chi connectivity index (χ4v) is 1.41. The minimum atomic E-state index is 0.836. The molecule has 0 aliphatic carbocycles. The third kappa shape index (κ3) is 2.16. The van der Waals surface area contributed by atoms with Gasteiger partial charge in [-0.25, -0.2) is 4.99 Å². The van der Waals surface area contributed by atoms with Gasteiger partial charge in [0, 0.05) is 19.3 Å². The smallest absolute Gasteiger partial charge is 0.123 e. The third-order valence-electron chi connectivity index (χ3n) is 1.76. The van der Waals surface area contributed by atoms with Crippen molar-refractivity contribution in [3.8, 4) is 0 Å². The van der Waals surface area contributed by atoms with Crippen LogP contribution in [0.4, 0.5) is 0 Å². The maximum atomic E-state index is 4.17. The first kappa shape index (κ1) is 9.43. The molecule has 1 aliphatic rings. The predicted molar refractivity (Wildman–Crippen MR) is 55.8 cm³/mol. The van der Waals surface area contributed by atoms with Crippen LogP contribution >= 0.6 is 9.39 Å². The third-order valence-corrected chi connectivity index (χ3v) is 2.21. The summed E-state index contributed by atoms with van der Waals surface area (Å²) in [6.45, 7) is 10.1. The Hall–Kier alpha value is -0.660. The molecule has 0 aromatic heterocycles. The molecule has 0 radical (unpaired) electrons. The lowest BCUT2D eigenvalue weighted by Crippen LogP contribution is -2.43. The maximum absolute atomic E-state index is 4.17. The quantitative estimate of drug-likeness (QED) is 0.596. The van der Waals surface area contributed by atoms with Gasteiger partial charge >= 0.3 is 0 Å². The highest BCUT2D eigenvalue weighted by atomic mass is 31.0. The summed E-state index contributed by atoms with van der Waals surface area (Å²) in [5.41, 5.74) is 0. The molecular formula is C8H14N3P. The first-order chi connectivity index (χ1) is 5.77. The summed E-state index contributed by atoms with van der Waals surface area (Å²) in [5.74, 6) is 1.00. The molecule has 1 aliphatic heterocycles. The number of aliphatic imine (C=N–C) groups is 1. The van der Waals surface area contributed by atoms with E-state index in [1.807, 2.05) is 4.90 Å². The molecule has 12 heavy (non-hydrogen) atoms. The van der Waals surface area contributed by atoms with Crippen LogP contribution < -0.4 is 0 Å². The van der Waals surface area contributed by atoms with Gasteiger partial charge in [0.25, 0.3) is 0 Å². The topological polar surface area (TPSA) is 18.8 Å². The van der Waals surface area contributed by atoms with Gasteiger partial charge in [0.2, 0.25) is 0 Å². The van der Waals surface area contributed by atoms with Crippen molar-refractivity contribution < 1.29 is 0 Å². The Kier molecular flexibility index (Phi) is 3.45. The van der Waals surface area contributed by atoms with Crippen molar-refractivity contribution >= 4 is 15.2 Å². The molecule has 4 heteroatoms. The minimum absolute atomic E-state index is 0.836. The van der Waals surface area contributed by atoms with Crippen molar-refractivity contribution in [3.05, 3.63) is 25.6 Å². The van der Waals surface area contributed by atoms with Gasteiger partial charge in [-0.15, -0.1) is 0 Å². The number of hydrogen-bond donors (Lipinski definition) is 0. The molecule has 1 fully saturated rings. The average Bonchev–Trinajstić information content (AvgIpc) is 2.05. The van der Waals surface area contributed by atoms with Crippen LogP contribution in [0.5, 0.6) is 0 Å². The SMILES string of the molecule is C=CN=C1CN(P)CCN1C=C. The molecule has 0 N–H and O–H groups in total. The van der Waals surface area contributed by atoms with Crippen molar-refractivity contribution in [1.82, 2.24) is 9.57 Å². The fraction of sp³-hybridized carbons (Fsp3) is 0.375. The van der Waals surface area contributed by atoms with E-state index in [4.69, 9.17) is 0 Å². The first-order valence-corrected chi connectivity index (χ1v) is 4.36.